The molecular formula is C13H6BrClO3. The molecular weight excluding hydrogens is 319 g/mol. The lowest BCUT2D eigenvalue weighted by Crippen LogP contribution is -2.18. The van der Waals surface area contributed by atoms with Crippen LogP contribution >= 0.6 is 27.5 Å². The average Bonchev–Trinajstić information content (AvgIpc) is 2.33. The van der Waals surface area contributed by atoms with Crippen LogP contribution in [0.4, 0.5) is 0 Å². The molecule has 0 radical (unpaired) electrons. The second-order valence-corrected chi connectivity index (χ2v) is 4.85. The molecule has 90 valence electrons. The zero-order chi connectivity index (χ0) is 13.3. The molecule has 3 nitrogen and oxygen atoms in total. The van der Waals surface area contributed by atoms with Crippen molar-refractivity contribution in [2.75, 3.05) is 0 Å². The third-order valence-corrected chi connectivity index (χ3v) is 3.30. The fourth-order valence-electron chi connectivity index (χ4n) is 1.53. The van der Waals surface area contributed by atoms with Gasteiger partial charge in [0.05, 0.1) is 15.1 Å². The van der Waals surface area contributed by atoms with E-state index in [0.29, 0.717) is 0 Å². The number of ketones is 3. The average molecular weight is 326 g/mol. The summed E-state index contributed by atoms with van der Waals surface area (Å²) in [4.78, 5) is 35.3. The SMILES string of the molecule is O=C1C=C(Br)C(=O)C(C(=O)c2ccccc2Cl)=C1. The molecule has 0 unspecified atom stereocenters. The fourth-order valence-corrected chi connectivity index (χ4v) is 2.19. The van der Waals surface area contributed by atoms with Crippen molar-refractivity contribution in [3.05, 3.63) is 57.1 Å². The van der Waals surface area contributed by atoms with E-state index >= 15 is 0 Å². The number of benzene rings is 1. The smallest absolute Gasteiger partial charge is 0.204 e. The number of Topliss-reactive ketones (excluding diaryl/α,β-unsaturated/α-hetero) is 2. The first-order chi connectivity index (χ1) is 8.50. The monoisotopic (exact) mass is 324 g/mol. The van der Waals surface area contributed by atoms with Gasteiger partial charge in [0.15, 0.2) is 11.6 Å². The van der Waals surface area contributed by atoms with Gasteiger partial charge in [-0.3, -0.25) is 14.4 Å². The molecule has 18 heavy (non-hydrogen) atoms. The summed E-state index contributed by atoms with van der Waals surface area (Å²) in [7, 11) is 0. The Morgan fingerprint density at radius 2 is 1.78 bits per heavy atom. The summed E-state index contributed by atoms with van der Waals surface area (Å²) in [5.74, 6) is -1.47. The first-order valence-electron chi connectivity index (χ1n) is 4.97. The van der Waals surface area contributed by atoms with Gasteiger partial charge < -0.3 is 0 Å². The van der Waals surface area contributed by atoms with Crippen LogP contribution in [0.15, 0.2) is 46.5 Å². The van der Waals surface area contributed by atoms with Crippen molar-refractivity contribution in [1.82, 2.24) is 0 Å². The molecule has 0 saturated carbocycles. The highest BCUT2D eigenvalue weighted by Crippen LogP contribution is 2.24. The lowest BCUT2D eigenvalue weighted by atomic mass is 9.95. The largest absolute Gasteiger partial charge is 0.290 e. The normalized spacial score (nSPS) is 15.2. The van der Waals surface area contributed by atoms with Crippen LogP contribution in [-0.2, 0) is 9.59 Å². The first kappa shape index (κ1) is 12.9. The molecule has 0 aromatic heterocycles. The highest BCUT2D eigenvalue weighted by molar-refractivity contribution is 9.12. The van der Waals surface area contributed by atoms with Crippen molar-refractivity contribution in [3.63, 3.8) is 0 Å². The maximum Gasteiger partial charge on any atom is 0.204 e. The Morgan fingerprint density at radius 3 is 2.44 bits per heavy atom. The topological polar surface area (TPSA) is 51.2 Å². The van der Waals surface area contributed by atoms with Crippen LogP contribution in [0.1, 0.15) is 10.4 Å². The van der Waals surface area contributed by atoms with Crippen molar-refractivity contribution in [3.8, 4) is 0 Å². The van der Waals surface area contributed by atoms with Crippen LogP contribution in [0.5, 0.6) is 0 Å². The minimum atomic E-state index is -0.552. The molecule has 0 atom stereocenters. The summed E-state index contributed by atoms with van der Waals surface area (Å²) >= 11 is 8.85. The van der Waals surface area contributed by atoms with Crippen molar-refractivity contribution in [2.45, 2.75) is 0 Å². The minimum absolute atomic E-state index is 0.0744. The summed E-state index contributed by atoms with van der Waals surface area (Å²) < 4.78 is 0.0744. The molecule has 1 aromatic carbocycles. The summed E-state index contributed by atoms with van der Waals surface area (Å²) in [5, 5.41) is 0.245. The number of carbonyl (C=O) groups is 3. The van der Waals surface area contributed by atoms with E-state index in [4.69, 9.17) is 11.6 Å². The highest BCUT2D eigenvalue weighted by Gasteiger charge is 2.27. The molecule has 0 N–H and O–H groups in total. The van der Waals surface area contributed by atoms with Crippen LogP contribution in [0.3, 0.4) is 0 Å². The third kappa shape index (κ3) is 2.35. The van der Waals surface area contributed by atoms with Gasteiger partial charge in [-0.25, -0.2) is 0 Å². The second kappa shape index (κ2) is 5.00. The quantitative estimate of drug-likeness (QED) is 0.477. The van der Waals surface area contributed by atoms with E-state index in [1.165, 1.54) is 6.07 Å². The molecule has 0 bridgehead atoms. The van der Waals surface area contributed by atoms with Gasteiger partial charge in [0.1, 0.15) is 0 Å². The zero-order valence-corrected chi connectivity index (χ0v) is 11.3. The zero-order valence-electron chi connectivity index (χ0n) is 8.94. The molecule has 1 aliphatic carbocycles. The van der Waals surface area contributed by atoms with Crippen molar-refractivity contribution < 1.29 is 14.4 Å². The van der Waals surface area contributed by atoms with E-state index in [0.717, 1.165) is 12.2 Å². The highest BCUT2D eigenvalue weighted by atomic mass is 79.9. The first-order valence-corrected chi connectivity index (χ1v) is 6.14. The molecule has 1 aromatic rings. The Kier molecular flexibility index (Phi) is 3.59. The van der Waals surface area contributed by atoms with E-state index in [1.807, 2.05) is 0 Å². The van der Waals surface area contributed by atoms with Gasteiger partial charge >= 0.3 is 0 Å². The summed E-state index contributed by atoms with van der Waals surface area (Å²) in [6.07, 6.45) is 2.16. The van der Waals surface area contributed by atoms with E-state index in [9.17, 15) is 14.4 Å². The predicted molar refractivity (Wildman–Crippen MR) is 70.9 cm³/mol. The maximum absolute atomic E-state index is 12.1. The molecule has 2 rings (SSSR count). The number of hydrogen-bond donors (Lipinski definition) is 0. The second-order valence-electron chi connectivity index (χ2n) is 3.59. The lowest BCUT2D eigenvalue weighted by molar-refractivity contribution is -0.114. The summed E-state index contributed by atoms with van der Waals surface area (Å²) in [6, 6.07) is 6.38. The fraction of sp³-hybridized carbons (Fsp3) is 0. The number of carbonyl (C=O) groups excluding carboxylic acids is 3. The van der Waals surface area contributed by atoms with Gasteiger partial charge in [-0.1, -0.05) is 23.7 Å². The predicted octanol–water partition coefficient (Wildman–Crippen LogP) is 2.88. The molecule has 0 heterocycles. The van der Waals surface area contributed by atoms with Gasteiger partial charge in [0.25, 0.3) is 0 Å². The summed E-state index contributed by atoms with van der Waals surface area (Å²) in [5.41, 5.74) is 0.0243. The Morgan fingerprint density at radius 1 is 1.11 bits per heavy atom. The van der Waals surface area contributed by atoms with E-state index in [1.54, 1.807) is 18.2 Å². The van der Waals surface area contributed by atoms with Crippen LogP contribution in [0, 0.1) is 0 Å². The maximum atomic E-state index is 12.1. The Balaban J connectivity index is 2.45. The molecule has 0 amide bonds. The molecule has 0 fully saturated rings. The van der Waals surface area contributed by atoms with Gasteiger partial charge in [0, 0.05) is 17.7 Å². The molecule has 0 aliphatic heterocycles. The number of rotatable bonds is 2. The Labute approximate surface area is 116 Å². The van der Waals surface area contributed by atoms with Gasteiger partial charge in [-0.05, 0) is 28.1 Å². The Bertz CT molecular complexity index is 629. The van der Waals surface area contributed by atoms with Crippen LogP contribution in [0.25, 0.3) is 0 Å². The van der Waals surface area contributed by atoms with Crippen molar-refractivity contribution in [1.29, 1.82) is 0 Å². The van der Waals surface area contributed by atoms with Crippen LogP contribution in [-0.4, -0.2) is 17.3 Å². The molecule has 1 aliphatic rings. The van der Waals surface area contributed by atoms with Crippen LogP contribution in [0.2, 0.25) is 5.02 Å². The number of hydrogen-bond acceptors (Lipinski definition) is 3. The minimum Gasteiger partial charge on any atom is -0.290 e. The Hall–Kier alpha value is -1.52. The van der Waals surface area contributed by atoms with Crippen molar-refractivity contribution >= 4 is 44.9 Å². The number of allylic oxidation sites excluding steroid dienone is 4. The summed E-state index contributed by atoms with van der Waals surface area (Å²) in [6.45, 7) is 0. The molecule has 0 spiro atoms. The lowest BCUT2D eigenvalue weighted by Gasteiger charge is -2.09. The van der Waals surface area contributed by atoms with E-state index in [-0.39, 0.29) is 20.6 Å². The molecule has 0 saturated heterocycles. The molecule has 5 heteroatoms. The van der Waals surface area contributed by atoms with Crippen LogP contribution < -0.4 is 0 Å². The van der Waals surface area contributed by atoms with E-state index < -0.39 is 17.3 Å². The number of halogens is 2. The standard InChI is InChI=1S/C13H6BrClO3/c14-10-6-7(16)5-9(13(10)18)12(17)8-3-1-2-4-11(8)15/h1-6H. The van der Waals surface area contributed by atoms with Gasteiger partial charge in [-0.2, -0.15) is 0 Å². The third-order valence-electron chi connectivity index (χ3n) is 2.38. The van der Waals surface area contributed by atoms with Gasteiger partial charge in [0.2, 0.25) is 5.78 Å². The van der Waals surface area contributed by atoms with E-state index in [2.05, 4.69) is 15.9 Å². The van der Waals surface area contributed by atoms with Crippen molar-refractivity contribution in [2.24, 2.45) is 0 Å². The van der Waals surface area contributed by atoms with Gasteiger partial charge in [-0.15, -0.1) is 0 Å².